The lowest BCUT2D eigenvalue weighted by Crippen LogP contribution is -2.42. The van der Waals surface area contributed by atoms with Crippen molar-refractivity contribution in [2.45, 2.75) is 73.5 Å². The lowest BCUT2D eigenvalue weighted by atomic mass is 10.1. The Balaban J connectivity index is 1.29. The zero-order valence-electron chi connectivity index (χ0n) is 25.8. The molecule has 0 saturated heterocycles. The fraction of sp³-hybridized carbons (Fsp3) is 0.552. The summed E-state index contributed by atoms with van der Waals surface area (Å²) in [6.45, 7) is -2.20. The first-order valence-corrected chi connectivity index (χ1v) is 17.6. The van der Waals surface area contributed by atoms with Crippen molar-refractivity contribution in [2.75, 3.05) is 33.0 Å². The fourth-order valence-electron chi connectivity index (χ4n) is 5.46. The number of benzene rings is 1. The van der Waals surface area contributed by atoms with Crippen LogP contribution in [0.25, 0.3) is 11.2 Å². The number of nitrogens with two attached hydrogens (primary N) is 1. The van der Waals surface area contributed by atoms with Gasteiger partial charge in [0, 0.05) is 11.4 Å². The predicted octanol–water partition coefficient (Wildman–Crippen LogP) is 3.79. The van der Waals surface area contributed by atoms with E-state index in [1.165, 1.54) is 18.1 Å². The summed E-state index contributed by atoms with van der Waals surface area (Å²) in [4.78, 5) is 59.4. The molecule has 2 aliphatic carbocycles. The summed E-state index contributed by atoms with van der Waals surface area (Å²) < 4.78 is 46.1. The molecule has 0 aliphatic heterocycles. The van der Waals surface area contributed by atoms with Gasteiger partial charge in [-0.2, -0.15) is 4.98 Å². The van der Waals surface area contributed by atoms with E-state index < -0.39 is 45.4 Å². The van der Waals surface area contributed by atoms with Gasteiger partial charge in [0.2, 0.25) is 5.95 Å². The first-order valence-electron chi connectivity index (χ1n) is 15.2. The highest BCUT2D eigenvalue weighted by molar-refractivity contribution is 7.99. The van der Waals surface area contributed by atoms with Gasteiger partial charge in [0.25, 0.3) is 0 Å². The highest BCUT2D eigenvalue weighted by atomic mass is 32.2. The van der Waals surface area contributed by atoms with E-state index in [1.54, 1.807) is 11.7 Å². The summed E-state index contributed by atoms with van der Waals surface area (Å²) in [5.41, 5.74) is 3.73. The Kier molecular flexibility index (Phi) is 11.7. The SMILES string of the molecule is COc1ccc(Sc2nc(N)nc3c2ncn3CCOC(OCOC(=O)C2CCCC2)(OCOC(=O)C2CCCC2)P(=O)(O)O)cc1. The van der Waals surface area contributed by atoms with Crippen LogP contribution in [0.4, 0.5) is 5.95 Å². The van der Waals surface area contributed by atoms with Gasteiger partial charge in [-0.15, -0.1) is 0 Å². The molecule has 3 aromatic rings. The molecule has 5 rings (SSSR count). The van der Waals surface area contributed by atoms with Crippen LogP contribution in [0.2, 0.25) is 0 Å². The van der Waals surface area contributed by atoms with Crippen molar-refractivity contribution in [2.24, 2.45) is 11.8 Å². The molecule has 2 aliphatic rings. The van der Waals surface area contributed by atoms with E-state index in [-0.39, 0.29) is 24.3 Å². The number of carbonyl (C=O) groups is 2. The molecule has 2 saturated carbocycles. The Morgan fingerprint density at radius 3 is 2.06 bits per heavy atom. The summed E-state index contributed by atoms with van der Waals surface area (Å²) in [6, 6.07) is 7.33. The van der Waals surface area contributed by atoms with Gasteiger partial charge in [-0.25, -0.2) is 9.97 Å². The maximum atomic E-state index is 12.8. The van der Waals surface area contributed by atoms with Crippen LogP contribution in [-0.4, -0.2) is 74.3 Å². The maximum Gasteiger partial charge on any atom is 0.415 e. The number of hydrogen-bond donors (Lipinski definition) is 3. The topological polar surface area (TPSA) is 217 Å². The van der Waals surface area contributed by atoms with Crippen LogP contribution in [0.1, 0.15) is 51.4 Å². The second-order valence-electron chi connectivity index (χ2n) is 11.1. The Morgan fingerprint density at radius 1 is 0.957 bits per heavy atom. The monoisotopic (exact) mass is 695 g/mol. The van der Waals surface area contributed by atoms with Crippen molar-refractivity contribution in [3.8, 4) is 5.75 Å². The number of esters is 2. The van der Waals surface area contributed by atoms with E-state index in [9.17, 15) is 23.9 Å². The molecule has 0 spiro atoms. The molecule has 2 heterocycles. The van der Waals surface area contributed by atoms with Gasteiger partial charge in [-0.3, -0.25) is 23.6 Å². The minimum absolute atomic E-state index is 0.0134. The molecule has 4 N–H and O–H groups in total. The highest BCUT2D eigenvalue weighted by Crippen LogP contribution is 2.53. The molecule has 16 nitrogen and oxygen atoms in total. The Labute approximate surface area is 274 Å². The molecule has 0 amide bonds. The van der Waals surface area contributed by atoms with Crippen molar-refractivity contribution in [1.82, 2.24) is 19.5 Å². The molecule has 0 radical (unpaired) electrons. The third-order valence-corrected chi connectivity index (χ3v) is 10.0. The number of methoxy groups -OCH3 is 1. The van der Waals surface area contributed by atoms with Crippen molar-refractivity contribution in [3.63, 3.8) is 0 Å². The molecule has 0 bridgehead atoms. The second-order valence-corrected chi connectivity index (χ2v) is 13.8. The maximum absolute atomic E-state index is 12.8. The van der Waals surface area contributed by atoms with Gasteiger partial charge in [-0.05, 0) is 49.9 Å². The van der Waals surface area contributed by atoms with E-state index in [2.05, 4.69) is 15.0 Å². The lowest BCUT2D eigenvalue weighted by Gasteiger charge is -2.32. The number of imidazole rings is 1. The van der Waals surface area contributed by atoms with E-state index in [0.717, 1.165) is 30.6 Å². The lowest BCUT2D eigenvalue weighted by molar-refractivity contribution is -0.366. The van der Waals surface area contributed by atoms with Crippen LogP contribution in [0, 0.1) is 11.8 Å². The molecule has 1 aromatic carbocycles. The minimum Gasteiger partial charge on any atom is -0.497 e. The first kappa shape index (κ1) is 35.0. The van der Waals surface area contributed by atoms with E-state index in [1.807, 2.05) is 24.3 Å². The number of hydrogen-bond acceptors (Lipinski definition) is 14. The van der Waals surface area contributed by atoms with E-state index in [0.29, 0.717) is 47.6 Å². The quantitative estimate of drug-likeness (QED) is 0.0840. The van der Waals surface area contributed by atoms with Crippen LogP contribution in [0.15, 0.2) is 40.5 Å². The highest BCUT2D eigenvalue weighted by Gasteiger charge is 2.53. The number of rotatable bonds is 16. The van der Waals surface area contributed by atoms with Gasteiger partial charge in [0.15, 0.2) is 19.2 Å². The molecule has 2 aromatic heterocycles. The van der Waals surface area contributed by atoms with Crippen molar-refractivity contribution in [1.29, 1.82) is 0 Å². The summed E-state index contributed by atoms with van der Waals surface area (Å²) in [6.07, 6.45) is 7.59. The van der Waals surface area contributed by atoms with Crippen molar-refractivity contribution >= 4 is 48.4 Å². The van der Waals surface area contributed by atoms with Crippen LogP contribution in [0.5, 0.6) is 5.75 Å². The molecule has 18 heteroatoms. The smallest absolute Gasteiger partial charge is 0.415 e. The number of nitrogen functional groups attached to an aromatic ring is 1. The molecule has 2 fully saturated rings. The number of ether oxygens (including phenoxy) is 6. The number of fused-ring (bicyclic) bond motifs is 1. The van der Waals surface area contributed by atoms with E-state index in [4.69, 9.17) is 34.2 Å². The fourth-order valence-corrected chi connectivity index (χ4v) is 7.03. The normalized spacial score (nSPS) is 16.1. The second kappa shape index (κ2) is 15.7. The predicted molar refractivity (Wildman–Crippen MR) is 166 cm³/mol. The third kappa shape index (κ3) is 8.79. The average molecular weight is 696 g/mol. The Bertz CT molecular complexity index is 1540. The standard InChI is InChI=1S/C29H38N5O11PS/c1-40-21-10-12-22(13-11-21)47-25-23-24(32-28(30)33-25)34(16-31-23)14-15-43-29(46(37,38)39,44-17-41-26(35)19-6-2-3-7-19)45-18-42-27(36)20-8-4-5-9-20/h10-13,16,19-20H,2-9,14-15,17-18H2,1H3,(H2,30,32,33)(H2,37,38,39). The van der Waals surface area contributed by atoms with Crippen LogP contribution in [0.3, 0.4) is 0 Å². The zero-order chi connectivity index (χ0) is 33.4. The van der Waals surface area contributed by atoms with Gasteiger partial charge in [-0.1, -0.05) is 37.4 Å². The average Bonchev–Trinajstić information content (AvgIpc) is 3.84. The molecular formula is C29H38N5O11PS. The van der Waals surface area contributed by atoms with Crippen molar-refractivity contribution in [3.05, 3.63) is 30.6 Å². The summed E-state index contributed by atoms with van der Waals surface area (Å²) in [5.74, 6) is -1.08. The van der Waals surface area contributed by atoms with Gasteiger partial charge < -0.3 is 39.0 Å². The van der Waals surface area contributed by atoms with Crippen LogP contribution >= 0.6 is 19.4 Å². The van der Waals surface area contributed by atoms with Gasteiger partial charge in [0.05, 0.1) is 31.9 Å². The van der Waals surface area contributed by atoms with Gasteiger partial charge >= 0.3 is 25.2 Å². The molecule has 0 unspecified atom stereocenters. The van der Waals surface area contributed by atoms with Gasteiger partial charge in [0.1, 0.15) is 16.3 Å². The minimum atomic E-state index is -5.42. The molecule has 0 atom stereocenters. The van der Waals surface area contributed by atoms with Crippen LogP contribution < -0.4 is 10.5 Å². The number of carbonyl (C=O) groups excluding carboxylic acids is 2. The molecule has 47 heavy (non-hydrogen) atoms. The Morgan fingerprint density at radius 2 is 1.53 bits per heavy atom. The third-order valence-electron chi connectivity index (χ3n) is 7.96. The van der Waals surface area contributed by atoms with Crippen molar-refractivity contribution < 1.29 is 52.4 Å². The molecular weight excluding hydrogens is 657 g/mol. The number of anilines is 1. The summed E-state index contributed by atoms with van der Waals surface area (Å²) in [5, 5.41) is 0.488. The first-order chi connectivity index (χ1) is 22.6. The summed E-state index contributed by atoms with van der Waals surface area (Å²) >= 11 is 1.32. The van der Waals surface area contributed by atoms with Crippen LogP contribution in [-0.2, 0) is 44.4 Å². The molecule has 256 valence electrons. The summed E-state index contributed by atoms with van der Waals surface area (Å²) in [7, 11) is -3.85. The van der Waals surface area contributed by atoms with E-state index >= 15 is 0 Å². The number of nitrogens with zero attached hydrogens (tertiary/aromatic N) is 4. The largest absolute Gasteiger partial charge is 0.497 e. The Hall–Kier alpha value is -3.31. The number of aromatic nitrogens is 4. The zero-order valence-corrected chi connectivity index (χ0v) is 27.5.